The molecule has 134 valence electrons. The van der Waals surface area contributed by atoms with E-state index in [1.807, 2.05) is 47.2 Å². The van der Waals surface area contributed by atoms with Crippen LogP contribution in [0, 0.1) is 0 Å². The monoisotopic (exact) mass is 386 g/mol. The van der Waals surface area contributed by atoms with E-state index in [9.17, 15) is 9.59 Å². The van der Waals surface area contributed by atoms with E-state index in [4.69, 9.17) is 4.74 Å². The normalized spacial score (nSPS) is 10.3. The number of ketones is 1. The van der Waals surface area contributed by atoms with E-state index in [0.717, 1.165) is 16.2 Å². The van der Waals surface area contributed by atoms with Crippen molar-refractivity contribution in [1.29, 1.82) is 0 Å². The van der Waals surface area contributed by atoms with Crippen LogP contribution in [0.1, 0.15) is 25.7 Å². The van der Waals surface area contributed by atoms with Crippen molar-refractivity contribution in [2.45, 2.75) is 13.1 Å². The second-order valence-electron chi connectivity index (χ2n) is 5.49. The van der Waals surface area contributed by atoms with Gasteiger partial charge in [0.2, 0.25) is 5.78 Å². The minimum atomic E-state index is -0.250. The topological polar surface area (TPSA) is 67.4 Å². The van der Waals surface area contributed by atoms with Crippen molar-refractivity contribution in [3.63, 3.8) is 0 Å². The molecule has 2 N–H and O–H groups in total. The Morgan fingerprint density at radius 1 is 1.00 bits per heavy atom. The zero-order valence-electron chi connectivity index (χ0n) is 14.2. The molecule has 3 aromatic rings. The Hall–Kier alpha value is -2.64. The average Bonchev–Trinajstić information content (AvgIpc) is 3.36. The number of hydrogen-bond acceptors (Lipinski definition) is 5. The number of benzene rings is 1. The highest BCUT2D eigenvalue weighted by Gasteiger charge is 2.12. The summed E-state index contributed by atoms with van der Waals surface area (Å²) in [4.78, 5) is 25.8. The zero-order chi connectivity index (χ0) is 18.4. The molecule has 2 heterocycles. The minimum Gasteiger partial charge on any atom is -0.497 e. The summed E-state index contributed by atoms with van der Waals surface area (Å²) in [5.74, 6) is 0.801. The number of hydrogen-bond donors (Lipinski definition) is 2. The summed E-state index contributed by atoms with van der Waals surface area (Å²) in [6, 6.07) is 12.8. The third-order valence-electron chi connectivity index (χ3n) is 3.70. The lowest BCUT2D eigenvalue weighted by atomic mass is 10.2. The van der Waals surface area contributed by atoms with Crippen LogP contribution in [0.2, 0.25) is 0 Å². The number of carbonyl (C=O) groups is 2. The van der Waals surface area contributed by atoms with Crippen LogP contribution < -0.4 is 15.4 Å². The van der Waals surface area contributed by atoms with Gasteiger partial charge in [-0.25, -0.2) is 4.79 Å². The molecule has 2 amide bonds. The first-order chi connectivity index (χ1) is 12.7. The largest absolute Gasteiger partial charge is 0.497 e. The molecule has 5 nitrogen and oxygen atoms in total. The lowest BCUT2D eigenvalue weighted by Gasteiger charge is -2.07. The number of ether oxygens (including phenoxy) is 1. The second-order valence-corrected chi connectivity index (χ2v) is 7.44. The van der Waals surface area contributed by atoms with Crippen LogP contribution in [0.3, 0.4) is 0 Å². The minimum absolute atomic E-state index is 0.0199. The van der Waals surface area contributed by atoms with E-state index in [1.54, 1.807) is 13.2 Å². The smallest absolute Gasteiger partial charge is 0.315 e. The van der Waals surface area contributed by atoms with Crippen LogP contribution in [0.4, 0.5) is 4.79 Å². The molecule has 1 aromatic carbocycles. The Morgan fingerprint density at radius 3 is 2.46 bits per heavy atom. The third kappa shape index (κ3) is 4.71. The zero-order valence-corrected chi connectivity index (χ0v) is 15.8. The van der Waals surface area contributed by atoms with Crippen molar-refractivity contribution in [1.82, 2.24) is 10.6 Å². The summed E-state index contributed by atoms with van der Waals surface area (Å²) in [6.45, 7) is 0.818. The standard InChI is InChI=1S/C19H18N2O3S2/c1-24-15-4-2-13(3-5-15)10-20-19(23)21-11-16-6-7-17(26-16)18(22)14-8-9-25-12-14/h2-9,12H,10-11H2,1H3,(H2,20,21,23). The maximum absolute atomic E-state index is 12.3. The second kappa shape index (κ2) is 8.64. The van der Waals surface area contributed by atoms with Crippen molar-refractivity contribution < 1.29 is 14.3 Å². The number of thiophene rings is 2. The number of amides is 2. The predicted molar refractivity (Wildman–Crippen MR) is 104 cm³/mol. The number of carbonyl (C=O) groups excluding carboxylic acids is 2. The van der Waals surface area contributed by atoms with Gasteiger partial charge < -0.3 is 15.4 Å². The van der Waals surface area contributed by atoms with Crippen LogP contribution in [0.5, 0.6) is 5.75 Å². The molecule has 0 fully saturated rings. The molecule has 0 saturated carbocycles. The van der Waals surface area contributed by atoms with Gasteiger partial charge in [0, 0.05) is 22.4 Å². The van der Waals surface area contributed by atoms with Crippen molar-refractivity contribution in [2.75, 3.05) is 7.11 Å². The molecule has 2 aromatic heterocycles. The highest BCUT2D eigenvalue weighted by molar-refractivity contribution is 7.14. The molecule has 0 bridgehead atoms. The van der Waals surface area contributed by atoms with Crippen molar-refractivity contribution in [2.24, 2.45) is 0 Å². The van der Waals surface area contributed by atoms with E-state index >= 15 is 0 Å². The third-order valence-corrected chi connectivity index (χ3v) is 5.47. The maximum atomic E-state index is 12.3. The van der Waals surface area contributed by atoms with Crippen LogP contribution in [0.15, 0.2) is 53.2 Å². The molecule has 0 unspecified atom stereocenters. The molecule has 7 heteroatoms. The van der Waals surface area contributed by atoms with Gasteiger partial charge in [-0.2, -0.15) is 11.3 Å². The van der Waals surface area contributed by atoms with E-state index in [0.29, 0.717) is 23.5 Å². The number of urea groups is 1. The van der Waals surface area contributed by atoms with E-state index in [1.165, 1.54) is 22.7 Å². The highest BCUT2D eigenvalue weighted by Crippen LogP contribution is 2.21. The van der Waals surface area contributed by atoms with Gasteiger partial charge >= 0.3 is 6.03 Å². The van der Waals surface area contributed by atoms with Crippen molar-refractivity contribution in [3.05, 3.63) is 74.1 Å². The van der Waals surface area contributed by atoms with Crippen molar-refractivity contribution in [3.8, 4) is 5.75 Å². The van der Waals surface area contributed by atoms with E-state index in [2.05, 4.69) is 10.6 Å². The summed E-state index contributed by atoms with van der Waals surface area (Å²) in [7, 11) is 1.62. The van der Waals surface area contributed by atoms with Gasteiger partial charge in [-0.15, -0.1) is 11.3 Å². The molecule has 3 rings (SSSR count). The molecular weight excluding hydrogens is 368 g/mol. The van der Waals surface area contributed by atoms with Gasteiger partial charge in [-0.3, -0.25) is 4.79 Å². The first kappa shape index (κ1) is 18.2. The fraction of sp³-hybridized carbons (Fsp3) is 0.158. The Labute approximate surface area is 159 Å². The molecular formula is C19H18N2O3S2. The molecule has 0 atom stereocenters. The summed E-state index contributed by atoms with van der Waals surface area (Å²) < 4.78 is 5.10. The average molecular weight is 386 g/mol. The lowest BCUT2D eigenvalue weighted by Crippen LogP contribution is -2.34. The Morgan fingerprint density at radius 2 is 1.77 bits per heavy atom. The number of methoxy groups -OCH3 is 1. The predicted octanol–water partition coefficient (Wildman–Crippen LogP) is 4.05. The van der Waals surface area contributed by atoms with Gasteiger partial charge in [0.1, 0.15) is 5.75 Å². The van der Waals surface area contributed by atoms with E-state index in [-0.39, 0.29) is 11.8 Å². The van der Waals surface area contributed by atoms with Crippen LogP contribution in [-0.2, 0) is 13.1 Å². The summed E-state index contributed by atoms with van der Waals surface area (Å²) in [6.07, 6.45) is 0. The van der Waals surface area contributed by atoms with Gasteiger partial charge in [-0.05, 0) is 41.3 Å². The molecule has 0 saturated heterocycles. The fourth-order valence-corrected chi connectivity index (χ4v) is 3.83. The molecule has 0 radical (unpaired) electrons. The van der Waals surface area contributed by atoms with Gasteiger partial charge in [-0.1, -0.05) is 12.1 Å². The number of nitrogens with one attached hydrogen (secondary N) is 2. The Kier molecular flexibility index (Phi) is 6.04. The Bertz CT molecular complexity index is 871. The SMILES string of the molecule is COc1ccc(CNC(=O)NCc2ccc(C(=O)c3ccsc3)s2)cc1. The first-order valence-corrected chi connectivity index (χ1v) is 9.72. The molecule has 0 aliphatic carbocycles. The Balaban J connectivity index is 1.46. The molecule has 0 spiro atoms. The first-order valence-electron chi connectivity index (χ1n) is 7.96. The quantitative estimate of drug-likeness (QED) is 0.602. The lowest BCUT2D eigenvalue weighted by molar-refractivity contribution is 0.104. The fourth-order valence-electron chi connectivity index (χ4n) is 2.29. The van der Waals surface area contributed by atoms with E-state index < -0.39 is 0 Å². The highest BCUT2D eigenvalue weighted by atomic mass is 32.1. The summed E-state index contributed by atoms with van der Waals surface area (Å²) in [5.41, 5.74) is 1.69. The maximum Gasteiger partial charge on any atom is 0.315 e. The molecule has 26 heavy (non-hydrogen) atoms. The van der Waals surface area contributed by atoms with Crippen LogP contribution in [-0.4, -0.2) is 18.9 Å². The van der Waals surface area contributed by atoms with Crippen molar-refractivity contribution >= 4 is 34.5 Å². The van der Waals surface area contributed by atoms with Crippen LogP contribution in [0.25, 0.3) is 0 Å². The molecule has 0 aliphatic heterocycles. The van der Waals surface area contributed by atoms with Gasteiger partial charge in [0.15, 0.2) is 0 Å². The number of rotatable bonds is 7. The van der Waals surface area contributed by atoms with Gasteiger partial charge in [0.25, 0.3) is 0 Å². The molecule has 0 aliphatic rings. The van der Waals surface area contributed by atoms with Crippen LogP contribution >= 0.6 is 22.7 Å². The summed E-state index contributed by atoms with van der Waals surface area (Å²) >= 11 is 2.90. The van der Waals surface area contributed by atoms with Gasteiger partial charge in [0.05, 0.1) is 18.5 Å². The summed E-state index contributed by atoms with van der Waals surface area (Å²) in [5, 5.41) is 9.34.